The minimum Gasteiger partial charge on any atom is -0.493 e. The van der Waals surface area contributed by atoms with Crippen LogP contribution in [0.2, 0.25) is 0 Å². The van der Waals surface area contributed by atoms with E-state index in [4.69, 9.17) is 9.84 Å². The molecule has 1 heterocycles. The van der Waals surface area contributed by atoms with Crippen LogP contribution in [0, 0.1) is 5.92 Å². The van der Waals surface area contributed by atoms with Gasteiger partial charge in [-0.25, -0.2) is 0 Å². The molecule has 0 radical (unpaired) electrons. The first kappa shape index (κ1) is 17.0. The second kappa shape index (κ2) is 7.38. The maximum absolute atomic E-state index is 12.7. The number of likely N-dealkylation sites (tertiary alicyclic amines) is 1. The average Bonchev–Trinajstić information content (AvgIpc) is 3.12. The third-order valence-corrected chi connectivity index (χ3v) is 4.43. The van der Waals surface area contributed by atoms with Crippen molar-refractivity contribution < 1.29 is 19.4 Å². The first-order chi connectivity index (χ1) is 12.1. The highest BCUT2D eigenvalue weighted by molar-refractivity contribution is 5.96. The van der Waals surface area contributed by atoms with Crippen molar-refractivity contribution in [3.8, 4) is 16.9 Å². The molecule has 130 valence electrons. The third-order valence-electron chi connectivity index (χ3n) is 4.43. The van der Waals surface area contributed by atoms with Gasteiger partial charge in [-0.15, -0.1) is 0 Å². The van der Waals surface area contributed by atoms with Crippen molar-refractivity contribution in [2.24, 2.45) is 5.92 Å². The minimum absolute atomic E-state index is 0.125. The Hall–Kier alpha value is -2.82. The molecule has 2 aromatic carbocycles. The summed E-state index contributed by atoms with van der Waals surface area (Å²) in [6.45, 7) is 3.26. The molecule has 1 N–H and O–H groups in total. The van der Waals surface area contributed by atoms with E-state index in [1.54, 1.807) is 11.0 Å². The van der Waals surface area contributed by atoms with E-state index in [9.17, 15) is 9.59 Å². The van der Waals surface area contributed by atoms with Crippen molar-refractivity contribution in [3.63, 3.8) is 0 Å². The first-order valence-corrected chi connectivity index (χ1v) is 8.44. The largest absolute Gasteiger partial charge is 0.493 e. The smallest absolute Gasteiger partial charge is 0.308 e. The number of carbonyl (C=O) groups is 2. The predicted molar refractivity (Wildman–Crippen MR) is 94.7 cm³/mol. The zero-order valence-electron chi connectivity index (χ0n) is 14.1. The molecule has 1 atom stereocenters. The van der Waals surface area contributed by atoms with Crippen molar-refractivity contribution in [3.05, 3.63) is 54.1 Å². The monoisotopic (exact) mass is 339 g/mol. The Kier molecular flexibility index (Phi) is 5.03. The van der Waals surface area contributed by atoms with Crippen molar-refractivity contribution in [1.29, 1.82) is 0 Å². The van der Waals surface area contributed by atoms with E-state index in [1.807, 2.05) is 49.4 Å². The minimum atomic E-state index is -0.838. The lowest BCUT2D eigenvalue weighted by atomic mass is 10.0. The third kappa shape index (κ3) is 3.65. The molecule has 1 unspecified atom stereocenters. The van der Waals surface area contributed by atoms with Crippen LogP contribution < -0.4 is 4.74 Å². The molecule has 0 aromatic heterocycles. The molecule has 25 heavy (non-hydrogen) atoms. The number of benzene rings is 2. The van der Waals surface area contributed by atoms with Gasteiger partial charge in [0.15, 0.2) is 0 Å². The van der Waals surface area contributed by atoms with Gasteiger partial charge in [0.1, 0.15) is 5.75 Å². The topological polar surface area (TPSA) is 66.8 Å². The predicted octanol–water partition coefficient (Wildman–Crippen LogP) is 3.30. The van der Waals surface area contributed by atoms with Crippen LogP contribution in [0.4, 0.5) is 0 Å². The van der Waals surface area contributed by atoms with Crippen molar-refractivity contribution in [2.45, 2.75) is 13.3 Å². The van der Waals surface area contributed by atoms with Crippen molar-refractivity contribution in [1.82, 2.24) is 4.90 Å². The number of hydrogen-bond donors (Lipinski definition) is 1. The normalized spacial score (nSPS) is 16.7. The number of ether oxygens (including phenoxy) is 1. The van der Waals surface area contributed by atoms with Gasteiger partial charge in [0.25, 0.3) is 5.91 Å². The summed E-state index contributed by atoms with van der Waals surface area (Å²) in [5.41, 5.74) is 2.41. The first-order valence-electron chi connectivity index (χ1n) is 8.44. The summed E-state index contributed by atoms with van der Waals surface area (Å²) in [5, 5.41) is 9.11. The molecule has 0 saturated carbocycles. The number of carbonyl (C=O) groups excluding carboxylic acids is 1. The molecule has 3 rings (SSSR count). The zero-order chi connectivity index (χ0) is 17.8. The molecule has 0 bridgehead atoms. The van der Waals surface area contributed by atoms with Gasteiger partial charge in [-0.1, -0.05) is 30.3 Å². The Bertz CT molecular complexity index is 787. The molecule has 2 aromatic rings. The number of para-hydroxylation sites is 1. The molecule has 1 amide bonds. The lowest BCUT2D eigenvalue weighted by Gasteiger charge is -2.17. The highest BCUT2D eigenvalue weighted by Gasteiger charge is 2.31. The van der Waals surface area contributed by atoms with Gasteiger partial charge in [0.2, 0.25) is 0 Å². The van der Waals surface area contributed by atoms with Gasteiger partial charge < -0.3 is 14.7 Å². The Morgan fingerprint density at radius 3 is 2.72 bits per heavy atom. The number of aliphatic carboxylic acids is 1. The Balaban J connectivity index is 1.85. The molecule has 5 nitrogen and oxygen atoms in total. The van der Waals surface area contributed by atoms with Gasteiger partial charge in [0.05, 0.1) is 12.5 Å². The fourth-order valence-corrected chi connectivity index (χ4v) is 3.14. The number of rotatable bonds is 5. The SMILES string of the molecule is CCOc1ccccc1-c1cccc(C(=O)N2CCC(C(=O)O)C2)c1. The van der Waals surface area contributed by atoms with Crippen molar-refractivity contribution >= 4 is 11.9 Å². The van der Waals surface area contributed by atoms with E-state index in [-0.39, 0.29) is 12.5 Å². The van der Waals surface area contributed by atoms with Gasteiger partial charge in [-0.3, -0.25) is 9.59 Å². The van der Waals surface area contributed by atoms with Crippen LogP contribution in [0.5, 0.6) is 5.75 Å². The maximum Gasteiger partial charge on any atom is 0.308 e. The van der Waals surface area contributed by atoms with E-state index >= 15 is 0 Å². The summed E-state index contributed by atoms with van der Waals surface area (Å²) in [6.07, 6.45) is 0.508. The highest BCUT2D eigenvalue weighted by atomic mass is 16.5. The molecule has 1 fully saturated rings. The van der Waals surface area contributed by atoms with Crippen LogP contribution in [-0.4, -0.2) is 41.6 Å². The lowest BCUT2D eigenvalue weighted by Crippen LogP contribution is -2.29. The summed E-state index contributed by atoms with van der Waals surface area (Å²) in [5.74, 6) is -0.651. The summed E-state index contributed by atoms with van der Waals surface area (Å²) >= 11 is 0. The Morgan fingerprint density at radius 2 is 2.00 bits per heavy atom. The summed E-state index contributed by atoms with van der Waals surface area (Å²) in [4.78, 5) is 25.4. The second-order valence-corrected chi connectivity index (χ2v) is 6.08. The number of nitrogens with zero attached hydrogens (tertiary/aromatic N) is 1. The molecule has 1 aliphatic rings. The number of carboxylic acid groups (broad SMARTS) is 1. The van der Waals surface area contributed by atoms with Crippen LogP contribution in [-0.2, 0) is 4.79 Å². The average molecular weight is 339 g/mol. The van der Waals surface area contributed by atoms with E-state index in [2.05, 4.69) is 0 Å². The fourth-order valence-electron chi connectivity index (χ4n) is 3.14. The Morgan fingerprint density at radius 1 is 1.20 bits per heavy atom. The van der Waals surface area contributed by atoms with E-state index in [0.29, 0.717) is 25.1 Å². The second-order valence-electron chi connectivity index (χ2n) is 6.08. The quantitative estimate of drug-likeness (QED) is 0.908. The van der Waals surface area contributed by atoms with Crippen LogP contribution in [0.1, 0.15) is 23.7 Å². The molecule has 0 aliphatic carbocycles. The van der Waals surface area contributed by atoms with E-state index in [1.165, 1.54) is 0 Å². The van der Waals surface area contributed by atoms with Crippen LogP contribution in [0.25, 0.3) is 11.1 Å². The molecule has 1 saturated heterocycles. The number of hydrogen-bond acceptors (Lipinski definition) is 3. The summed E-state index contributed by atoms with van der Waals surface area (Å²) in [6, 6.07) is 15.1. The Labute approximate surface area is 146 Å². The highest BCUT2D eigenvalue weighted by Crippen LogP contribution is 2.31. The van der Waals surface area contributed by atoms with E-state index in [0.717, 1.165) is 16.9 Å². The molecular formula is C20H21NO4. The van der Waals surface area contributed by atoms with Crippen LogP contribution >= 0.6 is 0 Å². The van der Waals surface area contributed by atoms with Crippen molar-refractivity contribution in [2.75, 3.05) is 19.7 Å². The maximum atomic E-state index is 12.7. The van der Waals surface area contributed by atoms with Crippen LogP contribution in [0.15, 0.2) is 48.5 Å². The fraction of sp³-hybridized carbons (Fsp3) is 0.300. The summed E-state index contributed by atoms with van der Waals surface area (Å²) in [7, 11) is 0. The standard InChI is InChI=1S/C20H21NO4/c1-2-25-18-9-4-3-8-17(18)14-6-5-7-15(12-14)19(22)21-11-10-16(13-21)20(23)24/h3-9,12,16H,2,10-11,13H2,1H3,(H,23,24). The lowest BCUT2D eigenvalue weighted by molar-refractivity contribution is -0.141. The zero-order valence-corrected chi connectivity index (χ0v) is 14.1. The summed E-state index contributed by atoms with van der Waals surface area (Å²) < 4.78 is 5.67. The molecule has 5 heteroatoms. The molecule has 1 aliphatic heterocycles. The molecular weight excluding hydrogens is 318 g/mol. The van der Waals surface area contributed by atoms with E-state index < -0.39 is 11.9 Å². The van der Waals surface area contributed by atoms with Gasteiger partial charge in [-0.2, -0.15) is 0 Å². The van der Waals surface area contributed by atoms with Gasteiger partial charge in [0, 0.05) is 24.2 Å². The van der Waals surface area contributed by atoms with Crippen LogP contribution in [0.3, 0.4) is 0 Å². The van der Waals surface area contributed by atoms with Gasteiger partial charge in [-0.05, 0) is 37.1 Å². The number of amides is 1. The number of carboxylic acids is 1. The van der Waals surface area contributed by atoms with Gasteiger partial charge >= 0.3 is 5.97 Å². The molecule has 0 spiro atoms.